The van der Waals surface area contributed by atoms with Gasteiger partial charge in [0.05, 0.1) is 0 Å². The molecule has 7 heteroatoms. The topological polar surface area (TPSA) is 90.0 Å². The van der Waals surface area contributed by atoms with Gasteiger partial charge < -0.3 is 20.2 Å². The number of carboxylic acids is 1. The largest absolute Gasteiger partial charge is 0.480 e. The molecule has 1 heterocycles. The van der Waals surface area contributed by atoms with Crippen LogP contribution in [-0.4, -0.2) is 59.0 Å². The number of nitrogens with one attached hydrogen (secondary N) is 1. The lowest BCUT2D eigenvalue weighted by molar-refractivity contribution is -0.149. The maximum atomic E-state index is 12.5. The summed E-state index contributed by atoms with van der Waals surface area (Å²) in [7, 11) is 1.70. The normalized spacial score (nSPS) is 23.7. The van der Waals surface area contributed by atoms with Gasteiger partial charge in [0.1, 0.15) is 6.04 Å². The summed E-state index contributed by atoms with van der Waals surface area (Å²) in [5, 5.41) is 12.3. The molecule has 1 saturated carbocycles. The van der Waals surface area contributed by atoms with Gasteiger partial charge in [0.25, 0.3) is 0 Å². The van der Waals surface area contributed by atoms with E-state index in [1.165, 1.54) is 4.90 Å². The minimum absolute atomic E-state index is 0.0815. The molecule has 2 aliphatic rings. The molecular formula is C20H27N3O4. The summed E-state index contributed by atoms with van der Waals surface area (Å²) in [6.07, 6.45) is 3.05. The molecule has 0 aromatic heterocycles. The second kappa shape index (κ2) is 8.41. The van der Waals surface area contributed by atoms with Crippen LogP contribution in [0.3, 0.4) is 0 Å². The van der Waals surface area contributed by atoms with E-state index in [0.717, 1.165) is 24.8 Å². The van der Waals surface area contributed by atoms with E-state index in [0.29, 0.717) is 19.0 Å². The molecule has 1 saturated heterocycles. The summed E-state index contributed by atoms with van der Waals surface area (Å²) in [5.74, 6) is -0.716. The number of hydrogen-bond donors (Lipinski definition) is 2. The van der Waals surface area contributed by atoms with Crippen LogP contribution in [0, 0.1) is 11.8 Å². The van der Waals surface area contributed by atoms with Crippen LogP contribution in [0.25, 0.3) is 0 Å². The highest BCUT2D eigenvalue weighted by molar-refractivity contribution is 5.85. The van der Waals surface area contributed by atoms with E-state index in [1.54, 1.807) is 11.9 Å². The van der Waals surface area contributed by atoms with Crippen LogP contribution in [0.5, 0.6) is 0 Å². The summed E-state index contributed by atoms with van der Waals surface area (Å²) >= 11 is 0. The van der Waals surface area contributed by atoms with Crippen LogP contribution >= 0.6 is 0 Å². The van der Waals surface area contributed by atoms with Gasteiger partial charge >= 0.3 is 12.0 Å². The number of benzene rings is 1. The number of carbonyl (C=O) groups excluding carboxylic acids is 2. The van der Waals surface area contributed by atoms with Gasteiger partial charge in [0, 0.05) is 33.1 Å². The van der Waals surface area contributed by atoms with Gasteiger partial charge in [0.15, 0.2) is 0 Å². The zero-order valence-electron chi connectivity index (χ0n) is 15.6. The zero-order valence-corrected chi connectivity index (χ0v) is 15.6. The second-order valence-electron chi connectivity index (χ2n) is 7.51. The maximum Gasteiger partial charge on any atom is 0.326 e. The number of carbonyl (C=O) groups is 3. The van der Waals surface area contributed by atoms with Crippen molar-refractivity contribution in [2.75, 3.05) is 20.1 Å². The molecule has 2 N–H and O–H groups in total. The van der Waals surface area contributed by atoms with E-state index in [2.05, 4.69) is 5.32 Å². The minimum atomic E-state index is -0.913. The van der Waals surface area contributed by atoms with Crippen LogP contribution in [0.1, 0.15) is 31.2 Å². The Hall–Kier alpha value is -2.57. The fourth-order valence-electron chi connectivity index (χ4n) is 4.36. The summed E-state index contributed by atoms with van der Waals surface area (Å²) in [6, 6.07) is 8.70. The Balaban J connectivity index is 1.46. The van der Waals surface area contributed by atoms with Gasteiger partial charge in [-0.3, -0.25) is 4.79 Å². The Bertz CT molecular complexity index is 694. The lowest BCUT2D eigenvalue weighted by atomic mass is 9.94. The number of carboxylic acid groups (broad SMARTS) is 1. The maximum absolute atomic E-state index is 12.5. The van der Waals surface area contributed by atoms with Gasteiger partial charge in [0.2, 0.25) is 5.91 Å². The third kappa shape index (κ3) is 4.40. The number of likely N-dealkylation sites (tertiary alicyclic amines) is 1. The molecule has 3 unspecified atom stereocenters. The Morgan fingerprint density at radius 3 is 2.67 bits per heavy atom. The predicted octanol–water partition coefficient (Wildman–Crippen LogP) is 1.93. The van der Waals surface area contributed by atoms with Gasteiger partial charge in [-0.15, -0.1) is 0 Å². The second-order valence-corrected chi connectivity index (χ2v) is 7.51. The van der Waals surface area contributed by atoms with Crippen LogP contribution in [0.2, 0.25) is 0 Å². The van der Waals surface area contributed by atoms with Crippen molar-refractivity contribution in [2.24, 2.45) is 11.8 Å². The highest BCUT2D eigenvalue weighted by Gasteiger charge is 2.49. The molecule has 3 rings (SSSR count). The molecule has 0 bridgehead atoms. The number of fused-ring (bicyclic) bond motifs is 1. The van der Waals surface area contributed by atoms with Crippen molar-refractivity contribution in [3.05, 3.63) is 35.9 Å². The van der Waals surface area contributed by atoms with Crippen molar-refractivity contribution in [3.63, 3.8) is 0 Å². The monoisotopic (exact) mass is 373 g/mol. The molecule has 1 aromatic carbocycles. The standard InChI is InChI=1S/C20H27N3O4/c1-22(12-14-6-3-2-4-7-14)20(27)21-11-10-17(24)23-13-15-8-5-9-16(15)18(23)19(25)26/h2-4,6-7,15-16,18H,5,8-13H2,1H3,(H,21,27)(H,25,26). The molecule has 1 aromatic rings. The molecule has 2 fully saturated rings. The number of amides is 3. The van der Waals surface area contributed by atoms with Gasteiger partial charge in [-0.1, -0.05) is 36.8 Å². The molecule has 7 nitrogen and oxygen atoms in total. The van der Waals surface area contributed by atoms with Gasteiger partial charge in [-0.2, -0.15) is 0 Å². The number of nitrogens with zero attached hydrogens (tertiary/aromatic N) is 2. The number of urea groups is 1. The van der Waals surface area contributed by atoms with Crippen LogP contribution < -0.4 is 5.32 Å². The zero-order chi connectivity index (χ0) is 19.4. The summed E-state index contributed by atoms with van der Waals surface area (Å²) in [6.45, 7) is 1.22. The summed E-state index contributed by atoms with van der Waals surface area (Å²) < 4.78 is 0. The van der Waals surface area contributed by atoms with Crippen molar-refractivity contribution < 1.29 is 19.5 Å². The minimum Gasteiger partial charge on any atom is -0.480 e. The lowest BCUT2D eigenvalue weighted by Gasteiger charge is -2.25. The first kappa shape index (κ1) is 19.2. The average molecular weight is 373 g/mol. The van der Waals surface area contributed by atoms with Crippen molar-refractivity contribution in [1.82, 2.24) is 15.1 Å². The third-order valence-electron chi connectivity index (χ3n) is 5.69. The Morgan fingerprint density at radius 1 is 1.22 bits per heavy atom. The molecule has 0 spiro atoms. The van der Waals surface area contributed by atoms with E-state index in [4.69, 9.17) is 0 Å². The number of rotatable bonds is 6. The van der Waals surface area contributed by atoms with Crippen LogP contribution in [0.4, 0.5) is 4.79 Å². The van der Waals surface area contributed by atoms with Gasteiger partial charge in [-0.25, -0.2) is 9.59 Å². The first-order valence-corrected chi connectivity index (χ1v) is 9.52. The first-order chi connectivity index (χ1) is 13.0. The van der Waals surface area contributed by atoms with E-state index in [1.807, 2.05) is 30.3 Å². The van der Waals surface area contributed by atoms with E-state index in [9.17, 15) is 19.5 Å². The smallest absolute Gasteiger partial charge is 0.326 e. The first-order valence-electron chi connectivity index (χ1n) is 9.52. The van der Waals surface area contributed by atoms with Gasteiger partial charge in [-0.05, 0) is 30.2 Å². The molecule has 3 atom stereocenters. The quantitative estimate of drug-likeness (QED) is 0.797. The Labute approximate surface area is 159 Å². The molecule has 1 aliphatic heterocycles. The molecule has 1 aliphatic carbocycles. The van der Waals surface area contributed by atoms with E-state index in [-0.39, 0.29) is 30.8 Å². The highest BCUT2D eigenvalue weighted by Crippen LogP contribution is 2.42. The van der Waals surface area contributed by atoms with Crippen molar-refractivity contribution >= 4 is 17.9 Å². The molecule has 0 radical (unpaired) electrons. The number of hydrogen-bond acceptors (Lipinski definition) is 3. The number of aliphatic carboxylic acids is 1. The van der Waals surface area contributed by atoms with Crippen molar-refractivity contribution in [2.45, 2.75) is 38.3 Å². The van der Waals surface area contributed by atoms with Crippen molar-refractivity contribution in [1.29, 1.82) is 0 Å². The lowest BCUT2D eigenvalue weighted by Crippen LogP contribution is -2.45. The third-order valence-corrected chi connectivity index (χ3v) is 5.69. The van der Waals surface area contributed by atoms with Crippen LogP contribution in [-0.2, 0) is 16.1 Å². The van der Waals surface area contributed by atoms with Crippen LogP contribution in [0.15, 0.2) is 30.3 Å². The molecule has 3 amide bonds. The Kier molecular flexibility index (Phi) is 5.98. The average Bonchev–Trinajstić information content (AvgIpc) is 3.22. The fraction of sp³-hybridized carbons (Fsp3) is 0.550. The fourth-order valence-corrected chi connectivity index (χ4v) is 4.36. The van der Waals surface area contributed by atoms with Crippen molar-refractivity contribution in [3.8, 4) is 0 Å². The molecular weight excluding hydrogens is 346 g/mol. The highest BCUT2D eigenvalue weighted by atomic mass is 16.4. The predicted molar refractivity (Wildman–Crippen MR) is 99.9 cm³/mol. The molecule has 146 valence electrons. The van der Waals surface area contributed by atoms with E-state index < -0.39 is 12.0 Å². The SMILES string of the molecule is CN(Cc1ccccc1)C(=O)NCCC(=O)N1CC2CCCC2C1C(=O)O. The molecule has 27 heavy (non-hydrogen) atoms. The van der Waals surface area contributed by atoms with E-state index >= 15 is 0 Å². The summed E-state index contributed by atoms with van der Waals surface area (Å²) in [4.78, 5) is 39.4. The Morgan fingerprint density at radius 2 is 1.96 bits per heavy atom. The summed E-state index contributed by atoms with van der Waals surface area (Å²) in [5.41, 5.74) is 1.03.